The Hall–Kier alpha value is -1.14. The third-order valence-electron chi connectivity index (χ3n) is 2.92. The van der Waals surface area contributed by atoms with Crippen molar-refractivity contribution >= 4 is 11.9 Å². The number of carbonyl (C=O) groups is 2. The van der Waals surface area contributed by atoms with Gasteiger partial charge >= 0.3 is 5.97 Å². The van der Waals surface area contributed by atoms with Crippen LogP contribution in [0.5, 0.6) is 0 Å². The first-order valence-corrected chi connectivity index (χ1v) is 6.90. The summed E-state index contributed by atoms with van der Waals surface area (Å²) in [6, 6.07) is 0. The number of esters is 1. The second-order valence-electron chi connectivity index (χ2n) is 4.51. The molecule has 0 N–H and O–H groups in total. The topological polar surface area (TPSA) is 59.1 Å². The summed E-state index contributed by atoms with van der Waals surface area (Å²) in [6.45, 7) is 7.80. The van der Waals surface area contributed by atoms with Gasteiger partial charge in [-0.25, -0.2) is 0 Å². The molecule has 0 saturated carbocycles. The predicted octanol–water partition coefficient (Wildman–Crippen LogP) is 0.120. The Morgan fingerprint density at radius 2 is 1.89 bits per heavy atom. The standard InChI is InChI=1S/C13H24N2O4/c1-3-5-14(11-13(17)19-4-2)10-12(16)15-6-8-18-9-7-15/h3-11H2,1-2H3. The van der Waals surface area contributed by atoms with Crippen molar-refractivity contribution < 1.29 is 19.1 Å². The van der Waals surface area contributed by atoms with Gasteiger partial charge in [0.15, 0.2) is 0 Å². The maximum atomic E-state index is 12.1. The van der Waals surface area contributed by atoms with E-state index in [1.54, 1.807) is 11.8 Å². The van der Waals surface area contributed by atoms with Crippen molar-refractivity contribution in [1.82, 2.24) is 9.80 Å². The highest BCUT2D eigenvalue weighted by molar-refractivity contribution is 5.79. The molecule has 0 spiro atoms. The van der Waals surface area contributed by atoms with Gasteiger partial charge in [-0.15, -0.1) is 0 Å². The fourth-order valence-electron chi connectivity index (χ4n) is 2.02. The van der Waals surface area contributed by atoms with E-state index in [0.717, 1.165) is 13.0 Å². The molecule has 0 bridgehead atoms. The molecule has 6 nitrogen and oxygen atoms in total. The number of amides is 1. The quantitative estimate of drug-likeness (QED) is 0.616. The lowest BCUT2D eigenvalue weighted by molar-refractivity contribution is -0.145. The lowest BCUT2D eigenvalue weighted by Gasteiger charge is -2.29. The van der Waals surface area contributed by atoms with E-state index < -0.39 is 0 Å². The van der Waals surface area contributed by atoms with Gasteiger partial charge in [0.1, 0.15) is 0 Å². The number of nitrogens with zero attached hydrogens (tertiary/aromatic N) is 2. The molecule has 1 heterocycles. The van der Waals surface area contributed by atoms with Crippen LogP contribution in [0.1, 0.15) is 20.3 Å². The first-order chi connectivity index (χ1) is 9.17. The molecule has 0 aromatic rings. The Labute approximate surface area is 114 Å². The Kier molecular flexibility index (Phi) is 7.43. The fourth-order valence-corrected chi connectivity index (χ4v) is 2.02. The van der Waals surface area contributed by atoms with Gasteiger partial charge in [-0.2, -0.15) is 0 Å². The molecule has 1 amide bonds. The van der Waals surface area contributed by atoms with Crippen molar-refractivity contribution in [2.24, 2.45) is 0 Å². The molecule has 1 aliphatic rings. The van der Waals surface area contributed by atoms with Gasteiger partial charge in [-0.1, -0.05) is 6.92 Å². The van der Waals surface area contributed by atoms with Gasteiger partial charge in [0.2, 0.25) is 5.91 Å². The predicted molar refractivity (Wildman–Crippen MR) is 70.8 cm³/mol. The molecular weight excluding hydrogens is 248 g/mol. The molecule has 1 rings (SSSR count). The van der Waals surface area contributed by atoms with Crippen molar-refractivity contribution in [2.45, 2.75) is 20.3 Å². The summed E-state index contributed by atoms with van der Waals surface area (Å²) in [5.74, 6) is -0.216. The van der Waals surface area contributed by atoms with Crippen molar-refractivity contribution in [3.8, 4) is 0 Å². The average Bonchev–Trinajstić information content (AvgIpc) is 2.40. The summed E-state index contributed by atoms with van der Waals surface area (Å²) in [5, 5.41) is 0. The zero-order valence-electron chi connectivity index (χ0n) is 11.9. The van der Waals surface area contributed by atoms with Crippen LogP contribution in [-0.2, 0) is 19.1 Å². The van der Waals surface area contributed by atoms with E-state index in [1.165, 1.54) is 0 Å². The largest absolute Gasteiger partial charge is 0.465 e. The van der Waals surface area contributed by atoms with Gasteiger partial charge in [0.05, 0.1) is 32.9 Å². The number of carbonyl (C=O) groups excluding carboxylic acids is 2. The molecule has 0 unspecified atom stereocenters. The van der Waals surface area contributed by atoms with Crippen LogP contribution in [0.4, 0.5) is 0 Å². The van der Waals surface area contributed by atoms with Gasteiger partial charge in [0.25, 0.3) is 0 Å². The van der Waals surface area contributed by atoms with Crippen LogP contribution < -0.4 is 0 Å². The third-order valence-corrected chi connectivity index (χ3v) is 2.92. The summed E-state index contributed by atoms with van der Waals surface area (Å²) < 4.78 is 10.1. The summed E-state index contributed by atoms with van der Waals surface area (Å²) in [6.07, 6.45) is 0.899. The first kappa shape index (κ1) is 15.9. The Balaban J connectivity index is 2.42. The highest BCUT2D eigenvalue weighted by atomic mass is 16.5. The van der Waals surface area contributed by atoms with E-state index >= 15 is 0 Å². The number of morpholine rings is 1. The highest BCUT2D eigenvalue weighted by Gasteiger charge is 2.20. The van der Waals surface area contributed by atoms with Crippen LogP contribution in [0.3, 0.4) is 0 Å². The van der Waals surface area contributed by atoms with E-state index in [-0.39, 0.29) is 25.0 Å². The SMILES string of the molecule is CCCN(CC(=O)OCC)CC(=O)N1CCOCC1. The van der Waals surface area contributed by atoms with Crippen LogP contribution >= 0.6 is 0 Å². The number of hydrogen-bond donors (Lipinski definition) is 0. The normalized spacial score (nSPS) is 15.6. The first-order valence-electron chi connectivity index (χ1n) is 6.90. The smallest absolute Gasteiger partial charge is 0.320 e. The molecule has 0 radical (unpaired) electrons. The molecular formula is C13H24N2O4. The molecule has 19 heavy (non-hydrogen) atoms. The van der Waals surface area contributed by atoms with E-state index in [2.05, 4.69) is 0 Å². The molecule has 1 aliphatic heterocycles. The Morgan fingerprint density at radius 1 is 1.21 bits per heavy atom. The summed E-state index contributed by atoms with van der Waals surface area (Å²) in [7, 11) is 0. The number of rotatable bonds is 7. The summed E-state index contributed by atoms with van der Waals surface area (Å²) in [4.78, 5) is 27.2. The number of hydrogen-bond acceptors (Lipinski definition) is 5. The van der Waals surface area contributed by atoms with Crippen LogP contribution in [0.15, 0.2) is 0 Å². The van der Waals surface area contributed by atoms with Gasteiger partial charge in [0, 0.05) is 13.1 Å². The zero-order chi connectivity index (χ0) is 14.1. The van der Waals surface area contributed by atoms with Crippen LogP contribution in [0.2, 0.25) is 0 Å². The lowest BCUT2D eigenvalue weighted by atomic mass is 10.3. The lowest BCUT2D eigenvalue weighted by Crippen LogP contribution is -2.47. The van der Waals surface area contributed by atoms with Crippen molar-refractivity contribution in [2.75, 3.05) is 52.5 Å². The van der Waals surface area contributed by atoms with E-state index in [9.17, 15) is 9.59 Å². The minimum absolute atomic E-state index is 0.0565. The molecule has 110 valence electrons. The van der Waals surface area contributed by atoms with Crippen molar-refractivity contribution in [3.63, 3.8) is 0 Å². The number of ether oxygens (including phenoxy) is 2. The Bertz CT molecular complexity index is 290. The monoisotopic (exact) mass is 272 g/mol. The molecule has 1 saturated heterocycles. The highest BCUT2D eigenvalue weighted by Crippen LogP contribution is 2.01. The van der Waals surface area contributed by atoms with Crippen LogP contribution in [-0.4, -0.2) is 74.2 Å². The van der Waals surface area contributed by atoms with Gasteiger partial charge in [-0.3, -0.25) is 14.5 Å². The van der Waals surface area contributed by atoms with Crippen LogP contribution in [0.25, 0.3) is 0 Å². The van der Waals surface area contributed by atoms with Crippen molar-refractivity contribution in [3.05, 3.63) is 0 Å². The molecule has 0 aromatic carbocycles. The van der Waals surface area contributed by atoms with Gasteiger partial charge < -0.3 is 14.4 Å². The van der Waals surface area contributed by atoms with E-state index in [0.29, 0.717) is 32.9 Å². The minimum Gasteiger partial charge on any atom is -0.465 e. The third kappa shape index (κ3) is 6.02. The Morgan fingerprint density at radius 3 is 2.47 bits per heavy atom. The molecule has 0 aliphatic carbocycles. The van der Waals surface area contributed by atoms with E-state index in [1.807, 2.05) is 11.8 Å². The molecule has 0 atom stereocenters. The van der Waals surface area contributed by atoms with Crippen molar-refractivity contribution in [1.29, 1.82) is 0 Å². The minimum atomic E-state index is -0.272. The summed E-state index contributed by atoms with van der Waals surface area (Å²) in [5.41, 5.74) is 0. The molecule has 1 fully saturated rings. The van der Waals surface area contributed by atoms with Crippen LogP contribution in [0, 0.1) is 0 Å². The maximum absolute atomic E-state index is 12.1. The summed E-state index contributed by atoms with van der Waals surface area (Å²) >= 11 is 0. The van der Waals surface area contributed by atoms with Gasteiger partial charge in [-0.05, 0) is 19.9 Å². The maximum Gasteiger partial charge on any atom is 0.320 e. The fraction of sp³-hybridized carbons (Fsp3) is 0.846. The molecule has 6 heteroatoms. The average molecular weight is 272 g/mol. The molecule has 0 aromatic heterocycles. The second kappa shape index (κ2) is 8.87. The zero-order valence-corrected chi connectivity index (χ0v) is 11.9. The second-order valence-corrected chi connectivity index (χ2v) is 4.51. The van der Waals surface area contributed by atoms with E-state index in [4.69, 9.17) is 9.47 Å².